The number of alkyl carbamates (subject to hydrolysis) is 1. The van der Waals surface area contributed by atoms with Gasteiger partial charge in [-0.1, -0.05) is 25.1 Å². The van der Waals surface area contributed by atoms with Crippen LogP contribution >= 0.6 is 0 Å². The van der Waals surface area contributed by atoms with E-state index in [1.165, 1.54) is 7.11 Å². The number of nitrogens with one attached hydrogen (secondary N) is 3. The molecule has 0 fully saturated rings. The Morgan fingerprint density at radius 2 is 1.91 bits per heavy atom. The maximum absolute atomic E-state index is 12.6. The van der Waals surface area contributed by atoms with Gasteiger partial charge in [0.05, 0.1) is 24.5 Å². The topological polar surface area (TPSA) is 119 Å². The highest BCUT2D eigenvalue weighted by Crippen LogP contribution is 2.33. The van der Waals surface area contributed by atoms with Crippen LogP contribution in [0.25, 0.3) is 11.1 Å². The number of carbonyl (C=O) groups is 3. The lowest BCUT2D eigenvalue weighted by Gasteiger charge is -2.26. The third-order valence-electron chi connectivity index (χ3n) is 5.08. The van der Waals surface area contributed by atoms with Gasteiger partial charge in [0.25, 0.3) is 0 Å². The van der Waals surface area contributed by atoms with Gasteiger partial charge in [-0.3, -0.25) is 15.1 Å². The predicted octanol–water partition coefficient (Wildman–Crippen LogP) is 5.03. The first kappa shape index (κ1) is 24.8. The quantitative estimate of drug-likeness (QED) is 0.534. The molecule has 2 atom stereocenters. The molecule has 1 aromatic heterocycles. The number of carbonyl (C=O) groups excluding carboxylic acids is 3. The van der Waals surface area contributed by atoms with E-state index in [0.717, 1.165) is 11.1 Å². The zero-order chi connectivity index (χ0) is 24.9. The molecule has 2 bridgehead atoms. The number of ether oxygens (including phenoxy) is 2. The largest absolute Gasteiger partial charge is 0.453 e. The molecule has 0 aliphatic carbocycles. The Morgan fingerprint density at radius 3 is 2.62 bits per heavy atom. The lowest BCUT2D eigenvalue weighted by atomic mass is 9.94. The number of hydrogen-bond donors (Lipinski definition) is 3. The second-order valence-corrected chi connectivity index (χ2v) is 9.01. The molecular formula is C25H30N4O5. The van der Waals surface area contributed by atoms with E-state index in [1.807, 2.05) is 25.1 Å². The van der Waals surface area contributed by atoms with Gasteiger partial charge in [-0.15, -0.1) is 0 Å². The van der Waals surface area contributed by atoms with Crippen molar-refractivity contribution >= 4 is 29.5 Å². The number of anilines is 2. The summed E-state index contributed by atoms with van der Waals surface area (Å²) in [6.07, 6.45) is 4.26. The average molecular weight is 467 g/mol. The zero-order valence-corrected chi connectivity index (χ0v) is 20.0. The molecule has 3 rings (SSSR count). The second-order valence-electron chi connectivity index (χ2n) is 9.01. The van der Waals surface area contributed by atoms with Crippen LogP contribution in [0.2, 0.25) is 0 Å². The molecule has 9 nitrogen and oxygen atoms in total. The molecule has 2 heterocycles. The van der Waals surface area contributed by atoms with Crippen molar-refractivity contribution in [1.82, 2.24) is 10.3 Å². The zero-order valence-electron chi connectivity index (χ0n) is 20.0. The Labute approximate surface area is 198 Å². The van der Waals surface area contributed by atoms with Gasteiger partial charge in [0.15, 0.2) is 0 Å². The minimum Gasteiger partial charge on any atom is -0.453 e. The van der Waals surface area contributed by atoms with E-state index in [1.54, 1.807) is 51.2 Å². The van der Waals surface area contributed by atoms with Crippen LogP contribution in [-0.4, -0.2) is 35.8 Å². The minimum atomic E-state index is -0.642. The molecule has 34 heavy (non-hydrogen) atoms. The average Bonchev–Trinajstić information content (AvgIpc) is 2.75. The van der Waals surface area contributed by atoms with Crippen molar-refractivity contribution < 1.29 is 23.9 Å². The molecule has 3 amide bonds. The monoisotopic (exact) mass is 466 g/mol. The SMILES string of the molecule is COC(=O)Nc1ccc2c(c1)NC(=O)C/C=C\C(C)[C@H](NC(=O)OC(C)(C)C)c1cc-2ccn1. The van der Waals surface area contributed by atoms with Gasteiger partial charge in [0.1, 0.15) is 5.60 Å². The first-order valence-electron chi connectivity index (χ1n) is 11.0. The molecule has 3 N–H and O–H groups in total. The lowest BCUT2D eigenvalue weighted by molar-refractivity contribution is -0.115. The molecule has 1 unspecified atom stereocenters. The summed E-state index contributed by atoms with van der Waals surface area (Å²) in [6.45, 7) is 7.34. The second kappa shape index (κ2) is 10.4. The van der Waals surface area contributed by atoms with Crippen LogP contribution in [0.3, 0.4) is 0 Å². The summed E-state index contributed by atoms with van der Waals surface area (Å²) in [5.41, 5.74) is 2.53. The Bertz CT molecular complexity index is 1110. The summed E-state index contributed by atoms with van der Waals surface area (Å²) in [5.74, 6) is -0.375. The number of amides is 3. The van der Waals surface area contributed by atoms with Crippen molar-refractivity contribution in [3.63, 3.8) is 0 Å². The summed E-state index contributed by atoms with van der Waals surface area (Å²) in [4.78, 5) is 41.3. The molecule has 180 valence electrons. The summed E-state index contributed by atoms with van der Waals surface area (Å²) < 4.78 is 10.1. The van der Waals surface area contributed by atoms with Gasteiger partial charge in [0.2, 0.25) is 5.91 Å². The van der Waals surface area contributed by atoms with Crippen LogP contribution in [0.15, 0.2) is 48.7 Å². The van der Waals surface area contributed by atoms with E-state index < -0.39 is 23.8 Å². The van der Waals surface area contributed by atoms with E-state index in [9.17, 15) is 14.4 Å². The summed E-state index contributed by atoms with van der Waals surface area (Å²) in [7, 11) is 1.28. The molecule has 9 heteroatoms. The fourth-order valence-electron chi connectivity index (χ4n) is 3.54. The number of nitrogens with zero attached hydrogens (tertiary/aromatic N) is 1. The van der Waals surface area contributed by atoms with Gasteiger partial charge < -0.3 is 20.1 Å². The Hall–Kier alpha value is -3.88. The molecule has 0 radical (unpaired) electrons. The normalized spacial score (nSPS) is 18.8. The smallest absolute Gasteiger partial charge is 0.411 e. The van der Waals surface area contributed by atoms with Crippen LogP contribution in [0.1, 0.15) is 45.9 Å². The fourth-order valence-corrected chi connectivity index (χ4v) is 3.54. The van der Waals surface area contributed by atoms with Crippen molar-refractivity contribution in [2.45, 2.75) is 45.8 Å². The van der Waals surface area contributed by atoms with Gasteiger partial charge in [0, 0.05) is 29.8 Å². The van der Waals surface area contributed by atoms with Crippen molar-refractivity contribution in [3.05, 3.63) is 54.4 Å². The fraction of sp³-hybridized carbons (Fsp3) is 0.360. The standard InChI is InChI=1S/C25H30N4O5/c1-15-7-6-8-21(30)28-19-14-17(27-23(31)33-5)9-10-18(19)16-11-12-26-20(13-16)22(15)29-24(32)34-25(2,3)4/h6-7,9-15,22H,8H2,1-5H3,(H,27,31)(H,28,30)(H,29,32)/b7-6-/t15?,22-/m0/s1. The van der Waals surface area contributed by atoms with E-state index in [-0.39, 0.29) is 18.2 Å². The van der Waals surface area contributed by atoms with Crippen molar-refractivity contribution in [2.24, 2.45) is 5.92 Å². The highest BCUT2D eigenvalue weighted by molar-refractivity contribution is 5.98. The van der Waals surface area contributed by atoms with Crippen LogP contribution in [0, 0.1) is 5.92 Å². The molecule has 0 saturated heterocycles. The third-order valence-corrected chi connectivity index (χ3v) is 5.08. The summed E-state index contributed by atoms with van der Waals surface area (Å²) in [6, 6.07) is 8.38. The molecule has 0 spiro atoms. The summed E-state index contributed by atoms with van der Waals surface area (Å²) >= 11 is 0. The number of pyridine rings is 1. The first-order valence-corrected chi connectivity index (χ1v) is 11.0. The van der Waals surface area contributed by atoms with Crippen LogP contribution in [0.5, 0.6) is 0 Å². The van der Waals surface area contributed by atoms with Crippen molar-refractivity contribution in [1.29, 1.82) is 0 Å². The van der Waals surface area contributed by atoms with E-state index in [0.29, 0.717) is 17.1 Å². The van der Waals surface area contributed by atoms with Gasteiger partial charge >= 0.3 is 12.2 Å². The van der Waals surface area contributed by atoms with Gasteiger partial charge in [-0.05, 0) is 50.6 Å². The van der Waals surface area contributed by atoms with Crippen LogP contribution in [-0.2, 0) is 14.3 Å². The summed E-state index contributed by atoms with van der Waals surface area (Å²) in [5, 5.41) is 8.43. The van der Waals surface area contributed by atoms with E-state index >= 15 is 0 Å². The molecule has 1 aliphatic rings. The minimum absolute atomic E-state index is 0.138. The van der Waals surface area contributed by atoms with Gasteiger partial charge in [-0.25, -0.2) is 9.59 Å². The first-order chi connectivity index (χ1) is 16.1. The number of methoxy groups -OCH3 is 1. The van der Waals surface area contributed by atoms with Gasteiger partial charge in [-0.2, -0.15) is 0 Å². The maximum atomic E-state index is 12.6. The number of rotatable bonds is 2. The number of fused-ring (bicyclic) bond motifs is 4. The third kappa shape index (κ3) is 6.57. The molecule has 2 aromatic rings. The van der Waals surface area contributed by atoms with E-state index in [2.05, 4.69) is 25.7 Å². The Kier molecular flexibility index (Phi) is 7.55. The molecule has 1 aromatic carbocycles. The highest BCUT2D eigenvalue weighted by Gasteiger charge is 2.25. The van der Waals surface area contributed by atoms with Crippen LogP contribution in [0.4, 0.5) is 21.0 Å². The molecule has 0 saturated carbocycles. The number of aromatic nitrogens is 1. The van der Waals surface area contributed by atoms with Crippen molar-refractivity contribution in [3.8, 4) is 11.1 Å². The number of hydrogen-bond acceptors (Lipinski definition) is 6. The van der Waals surface area contributed by atoms with Crippen molar-refractivity contribution in [2.75, 3.05) is 17.7 Å². The Morgan fingerprint density at radius 1 is 1.15 bits per heavy atom. The highest BCUT2D eigenvalue weighted by atomic mass is 16.6. The lowest BCUT2D eigenvalue weighted by Crippen LogP contribution is -2.37. The van der Waals surface area contributed by atoms with Crippen LogP contribution < -0.4 is 16.0 Å². The maximum Gasteiger partial charge on any atom is 0.411 e. The molecule has 1 aliphatic heterocycles. The van der Waals surface area contributed by atoms with E-state index in [4.69, 9.17) is 4.74 Å². The Balaban J connectivity index is 2.04. The molecular weight excluding hydrogens is 436 g/mol. The number of benzene rings is 1. The predicted molar refractivity (Wildman–Crippen MR) is 129 cm³/mol.